The molecular weight excluding hydrogens is 154 g/mol. The molecule has 0 radical (unpaired) electrons. The van der Waals surface area contributed by atoms with Crippen molar-refractivity contribution in [3.05, 3.63) is 0 Å². The quantitative estimate of drug-likeness (QED) is 0.604. The summed E-state index contributed by atoms with van der Waals surface area (Å²) in [6, 6.07) is 0. The molecule has 0 amide bonds. The molecule has 10 heavy (non-hydrogen) atoms. The molecule has 0 atom stereocenters. The lowest BCUT2D eigenvalue weighted by atomic mass is 10.0. The third-order valence-corrected chi connectivity index (χ3v) is 2.10. The van der Waals surface area contributed by atoms with Gasteiger partial charge in [0, 0.05) is 5.54 Å². The Labute approximate surface area is 61.5 Å². The van der Waals surface area contributed by atoms with Gasteiger partial charge in [0.1, 0.15) is 0 Å². The van der Waals surface area contributed by atoms with E-state index in [9.17, 15) is 8.42 Å². The molecule has 62 valence electrons. The molecule has 0 fully saturated rings. The van der Waals surface area contributed by atoms with Gasteiger partial charge in [-0.3, -0.25) is 4.55 Å². The van der Waals surface area contributed by atoms with Gasteiger partial charge >= 0.3 is 10.3 Å². The summed E-state index contributed by atoms with van der Waals surface area (Å²) in [6.45, 7) is 5.22. The van der Waals surface area contributed by atoms with Gasteiger partial charge in [-0.1, -0.05) is 6.92 Å². The minimum absolute atomic E-state index is 0.562. The van der Waals surface area contributed by atoms with E-state index in [1.54, 1.807) is 13.8 Å². The first-order chi connectivity index (χ1) is 4.27. The van der Waals surface area contributed by atoms with E-state index in [-0.39, 0.29) is 0 Å². The first-order valence-corrected chi connectivity index (χ1v) is 4.47. The van der Waals surface area contributed by atoms with E-state index < -0.39 is 15.8 Å². The summed E-state index contributed by atoms with van der Waals surface area (Å²) >= 11 is 0. The summed E-state index contributed by atoms with van der Waals surface area (Å²) in [5.41, 5.74) is -0.562. The lowest BCUT2D eigenvalue weighted by Crippen LogP contribution is -2.42. The van der Waals surface area contributed by atoms with Crippen molar-refractivity contribution in [2.45, 2.75) is 32.7 Å². The Kier molecular flexibility index (Phi) is 2.82. The lowest BCUT2D eigenvalue weighted by molar-refractivity contribution is 0.397. The predicted molar refractivity (Wildman–Crippen MR) is 39.1 cm³/mol. The highest BCUT2D eigenvalue weighted by molar-refractivity contribution is 7.83. The molecule has 0 heterocycles. The van der Waals surface area contributed by atoms with Gasteiger partial charge in [-0.15, -0.1) is 0 Å². The fraction of sp³-hybridized carbons (Fsp3) is 1.00. The Morgan fingerprint density at radius 1 is 1.50 bits per heavy atom. The van der Waals surface area contributed by atoms with E-state index >= 15 is 0 Å². The number of hydrogen-bond donors (Lipinski definition) is 2. The maximum atomic E-state index is 10.3. The maximum Gasteiger partial charge on any atom is 0.333 e. The van der Waals surface area contributed by atoms with E-state index in [1.165, 1.54) is 0 Å². The van der Waals surface area contributed by atoms with Gasteiger partial charge in [-0.05, 0) is 20.3 Å². The van der Waals surface area contributed by atoms with Crippen LogP contribution in [0.3, 0.4) is 0 Å². The van der Waals surface area contributed by atoms with Crippen molar-refractivity contribution < 1.29 is 13.0 Å². The van der Waals surface area contributed by atoms with Crippen LogP contribution in [0, 0.1) is 0 Å². The molecule has 0 aliphatic carbocycles. The minimum Gasteiger partial charge on any atom is -0.273 e. The van der Waals surface area contributed by atoms with Crippen LogP contribution in [0.5, 0.6) is 0 Å². The van der Waals surface area contributed by atoms with Crippen molar-refractivity contribution in [1.82, 2.24) is 4.72 Å². The summed E-state index contributed by atoms with van der Waals surface area (Å²) < 4.78 is 30.9. The zero-order valence-electron chi connectivity index (χ0n) is 6.38. The van der Waals surface area contributed by atoms with Crippen LogP contribution in [0.15, 0.2) is 0 Å². The normalized spacial score (nSPS) is 13.6. The first-order valence-electron chi connectivity index (χ1n) is 3.03. The van der Waals surface area contributed by atoms with E-state index in [1.807, 2.05) is 6.92 Å². The number of nitrogens with one attached hydrogen (secondary N) is 1. The lowest BCUT2D eigenvalue weighted by Gasteiger charge is -2.21. The summed E-state index contributed by atoms with van der Waals surface area (Å²) in [5.74, 6) is 0. The van der Waals surface area contributed by atoms with Crippen LogP contribution >= 0.6 is 0 Å². The van der Waals surface area contributed by atoms with E-state index in [4.69, 9.17) is 4.55 Å². The molecule has 0 spiro atoms. The molecule has 0 saturated heterocycles. The molecular formula is C5H13NO3S. The standard InChI is InChI=1S/C5H13NO3S/c1-4-5(2,3)6-10(7,8)9/h6H,4H2,1-3H3,(H,7,8,9). The zero-order chi connectivity index (χ0) is 8.41. The SMILES string of the molecule is CCC(C)(C)NS(=O)(=O)O. The molecule has 0 bridgehead atoms. The van der Waals surface area contributed by atoms with Crippen molar-refractivity contribution in [2.75, 3.05) is 0 Å². The van der Waals surface area contributed by atoms with E-state index in [0.717, 1.165) is 0 Å². The molecule has 2 N–H and O–H groups in total. The fourth-order valence-corrected chi connectivity index (χ4v) is 1.26. The molecule has 0 aromatic carbocycles. The van der Waals surface area contributed by atoms with Crippen LogP contribution < -0.4 is 4.72 Å². The van der Waals surface area contributed by atoms with E-state index in [0.29, 0.717) is 6.42 Å². The van der Waals surface area contributed by atoms with Crippen LogP contribution in [0.2, 0.25) is 0 Å². The topological polar surface area (TPSA) is 66.4 Å². The molecule has 0 aliphatic heterocycles. The predicted octanol–water partition coefficient (Wildman–Crippen LogP) is 0.567. The Morgan fingerprint density at radius 2 is 1.90 bits per heavy atom. The van der Waals surface area contributed by atoms with Crippen LogP contribution in [0.4, 0.5) is 0 Å². The third kappa shape index (κ3) is 4.72. The van der Waals surface area contributed by atoms with Crippen LogP contribution in [0.25, 0.3) is 0 Å². The van der Waals surface area contributed by atoms with Crippen molar-refractivity contribution in [2.24, 2.45) is 0 Å². The molecule has 0 rings (SSSR count). The molecule has 4 nitrogen and oxygen atoms in total. The largest absolute Gasteiger partial charge is 0.333 e. The average Bonchev–Trinajstić information content (AvgIpc) is 1.60. The number of hydrogen-bond acceptors (Lipinski definition) is 2. The Balaban J connectivity index is 4.16. The smallest absolute Gasteiger partial charge is 0.273 e. The van der Waals surface area contributed by atoms with Crippen molar-refractivity contribution in [3.8, 4) is 0 Å². The highest BCUT2D eigenvalue weighted by Gasteiger charge is 2.20. The van der Waals surface area contributed by atoms with Crippen LogP contribution in [-0.4, -0.2) is 18.5 Å². The van der Waals surface area contributed by atoms with E-state index in [2.05, 4.69) is 4.72 Å². The third-order valence-electron chi connectivity index (χ3n) is 1.29. The first kappa shape index (κ1) is 9.87. The van der Waals surface area contributed by atoms with Gasteiger partial charge in [0.05, 0.1) is 0 Å². The maximum absolute atomic E-state index is 10.3. The fourth-order valence-electron chi connectivity index (χ4n) is 0.421. The zero-order valence-corrected chi connectivity index (χ0v) is 7.20. The summed E-state index contributed by atoms with van der Waals surface area (Å²) in [6.07, 6.45) is 0.632. The van der Waals surface area contributed by atoms with Crippen molar-refractivity contribution >= 4 is 10.3 Å². The minimum atomic E-state index is -4.04. The highest BCUT2D eigenvalue weighted by atomic mass is 32.2. The van der Waals surface area contributed by atoms with Gasteiger partial charge in [-0.2, -0.15) is 13.1 Å². The van der Waals surface area contributed by atoms with Gasteiger partial charge in [-0.25, -0.2) is 0 Å². The van der Waals surface area contributed by atoms with Gasteiger partial charge in [0.25, 0.3) is 0 Å². The molecule has 0 unspecified atom stereocenters. The molecule has 0 aromatic rings. The molecule has 0 aromatic heterocycles. The Morgan fingerprint density at radius 3 is 2.00 bits per heavy atom. The average molecular weight is 167 g/mol. The summed E-state index contributed by atoms with van der Waals surface area (Å²) in [7, 11) is -4.04. The second-order valence-corrected chi connectivity index (χ2v) is 3.97. The molecule has 0 saturated carbocycles. The summed E-state index contributed by atoms with van der Waals surface area (Å²) in [4.78, 5) is 0. The molecule has 0 aliphatic rings. The highest BCUT2D eigenvalue weighted by Crippen LogP contribution is 2.07. The van der Waals surface area contributed by atoms with Crippen molar-refractivity contribution in [1.29, 1.82) is 0 Å². The second kappa shape index (κ2) is 2.86. The number of rotatable bonds is 3. The second-order valence-electron chi connectivity index (χ2n) is 2.81. The van der Waals surface area contributed by atoms with Gasteiger partial charge in [0.2, 0.25) is 0 Å². The summed E-state index contributed by atoms with van der Waals surface area (Å²) in [5, 5.41) is 0. The Hall–Kier alpha value is -0.130. The Bertz CT molecular complexity index is 195. The van der Waals surface area contributed by atoms with Gasteiger partial charge < -0.3 is 0 Å². The van der Waals surface area contributed by atoms with Crippen LogP contribution in [-0.2, 0) is 10.3 Å². The monoisotopic (exact) mass is 167 g/mol. The van der Waals surface area contributed by atoms with Crippen LogP contribution in [0.1, 0.15) is 27.2 Å². The van der Waals surface area contributed by atoms with Gasteiger partial charge in [0.15, 0.2) is 0 Å². The molecule has 5 heteroatoms. The van der Waals surface area contributed by atoms with Crippen molar-refractivity contribution in [3.63, 3.8) is 0 Å².